The van der Waals surface area contributed by atoms with Crippen LogP contribution >= 0.6 is 11.6 Å². The third-order valence-electron chi connectivity index (χ3n) is 6.04. The number of pyridine rings is 1. The van der Waals surface area contributed by atoms with Gasteiger partial charge in [-0.2, -0.15) is 0 Å². The van der Waals surface area contributed by atoms with Crippen LogP contribution in [0.1, 0.15) is 24.0 Å². The van der Waals surface area contributed by atoms with E-state index in [9.17, 15) is 9.18 Å². The monoisotopic (exact) mass is 466 g/mol. The SMILES string of the molecule is O=C(Nc1cccc(F)c1)N(Cc1cccnc1)C1CCN(CCc2ccc(Cl)cc2)CC1. The number of piperidine rings is 1. The number of carbonyl (C=O) groups is 1. The number of carbonyl (C=O) groups excluding carboxylic acids is 1. The summed E-state index contributed by atoms with van der Waals surface area (Å²) in [5.41, 5.74) is 2.70. The third kappa shape index (κ3) is 6.76. The molecular formula is C26H28ClFN4O. The number of anilines is 1. The van der Waals surface area contributed by atoms with E-state index in [0.29, 0.717) is 12.2 Å². The molecule has 1 saturated heterocycles. The number of nitrogens with zero attached hydrogens (tertiary/aromatic N) is 3. The summed E-state index contributed by atoms with van der Waals surface area (Å²) >= 11 is 5.98. The minimum atomic E-state index is -0.374. The molecule has 0 radical (unpaired) electrons. The molecular weight excluding hydrogens is 439 g/mol. The molecule has 2 aromatic carbocycles. The quantitative estimate of drug-likeness (QED) is 0.492. The van der Waals surface area contributed by atoms with E-state index in [1.807, 2.05) is 29.2 Å². The number of aromatic nitrogens is 1. The fourth-order valence-corrected chi connectivity index (χ4v) is 4.34. The summed E-state index contributed by atoms with van der Waals surface area (Å²) in [5, 5.41) is 3.62. The molecule has 4 rings (SSSR count). The summed E-state index contributed by atoms with van der Waals surface area (Å²) in [7, 11) is 0. The Kier molecular flexibility index (Phi) is 7.92. The van der Waals surface area contributed by atoms with Gasteiger partial charge < -0.3 is 15.1 Å². The number of nitrogens with one attached hydrogen (secondary N) is 1. The van der Waals surface area contributed by atoms with Crippen molar-refractivity contribution in [3.05, 3.63) is 95.0 Å². The van der Waals surface area contributed by atoms with Crippen LogP contribution in [0, 0.1) is 5.82 Å². The zero-order valence-electron chi connectivity index (χ0n) is 18.5. The van der Waals surface area contributed by atoms with Crippen molar-refractivity contribution in [1.82, 2.24) is 14.8 Å². The summed E-state index contributed by atoms with van der Waals surface area (Å²) in [5.74, 6) is -0.374. The Morgan fingerprint density at radius 3 is 2.58 bits per heavy atom. The number of hydrogen-bond acceptors (Lipinski definition) is 3. The Balaban J connectivity index is 1.38. The molecule has 0 atom stereocenters. The van der Waals surface area contributed by atoms with Gasteiger partial charge in [0.25, 0.3) is 0 Å². The number of rotatable bonds is 7. The Morgan fingerprint density at radius 2 is 1.88 bits per heavy atom. The number of amides is 2. The predicted molar refractivity (Wildman–Crippen MR) is 130 cm³/mol. The van der Waals surface area contributed by atoms with Crippen LogP contribution in [0.3, 0.4) is 0 Å². The Labute approximate surface area is 199 Å². The number of halogens is 2. The van der Waals surface area contributed by atoms with Crippen molar-refractivity contribution in [2.45, 2.75) is 31.8 Å². The molecule has 1 N–H and O–H groups in total. The zero-order chi connectivity index (χ0) is 23.0. The molecule has 172 valence electrons. The van der Waals surface area contributed by atoms with Crippen LogP contribution in [-0.2, 0) is 13.0 Å². The van der Waals surface area contributed by atoms with E-state index in [-0.39, 0.29) is 17.9 Å². The normalized spacial score (nSPS) is 14.7. The first-order valence-electron chi connectivity index (χ1n) is 11.3. The molecule has 1 aliphatic rings. The maximum atomic E-state index is 13.6. The minimum Gasteiger partial charge on any atom is -0.317 e. The van der Waals surface area contributed by atoms with Crippen LogP contribution in [0.15, 0.2) is 73.1 Å². The van der Waals surface area contributed by atoms with Gasteiger partial charge in [0.2, 0.25) is 0 Å². The number of likely N-dealkylation sites (tertiary alicyclic amines) is 1. The molecule has 2 heterocycles. The van der Waals surface area contributed by atoms with E-state index in [1.54, 1.807) is 24.5 Å². The minimum absolute atomic E-state index is 0.102. The maximum Gasteiger partial charge on any atom is 0.322 e. The topological polar surface area (TPSA) is 48.5 Å². The van der Waals surface area contributed by atoms with Gasteiger partial charge in [-0.25, -0.2) is 9.18 Å². The second kappa shape index (κ2) is 11.3. The molecule has 0 bridgehead atoms. The number of hydrogen-bond donors (Lipinski definition) is 1. The molecule has 7 heteroatoms. The van der Waals surface area contributed by atoms with E-state index < -0.39 is 0 Å². The van der Waals surface area contributed by atoms with Gasteiger partial charge in [0.05, 0.1) is 0 Å². The number of benzene rings is 2. The van der Waals surface area contributed by atoms with Gasteiger partial charge in [0, 0.05) is 55.3 Å². The number of urea groups is 1. The first-order valence-corrected chi connectivity index (χ1v) is 11.6. The summed E-state index contributed by atoms with van der Waals surface area (Å²) in [4.78, 5) is 21.7. The van der Waals surface area contributed by atoms with Crippen molar-refractivity contribution >= 4 is 23.3 Å². The molecule has 2 amide bonds. The van der Waals surface area contributed by atoms with Crippen LogP contribution < -0.4 is 5.32 Å². The summed E-state index contributed by atoms with van der Waals surface area (Å²) in [6.45, 7) is 3.29. The molecule has 33 heavy (non-hydrogen) atoms. The van der Waals surface area contributed by atoms with Gasteiger partial charge in [-0.3, -0.25) is 4.98 Å². The van der Waals surface area contributed by atoms with Gasteiger partial charge in [-0.15, -0.1) is 0 Å². The largest absolute Gasteiger partial charge is 0.322 e. The molecule has 1 aromatic heterocycles. The molecule has 5 nitrogen and oxygen atoms in total. The smallest absolute Gasteiger partial charge is 0.317 e. The standard InChI is InChI=1S/C26H28ClFN4O/c27-22-8-6-20(7-9-22)10-14-31-15-11-25(12-16-31)32(19-21-3-2-13-29-18-21)26(33)30-24-5-1-4-23(28)17-24/h1-9,13,17-18,25H,10-12,14-16,19H2,(H,30,33). The van der Waals surface area contributed by atoms with E-state index in [2.05, 4.69) is 27.3 Å². The fraction of sp³-hybridized carbons (Fsp3) is 0.308. The van der Waals surface area contributed by atoms with E-state index in [0.717, 1.165) is 49.5 Å². The van der Waals surface area contributed by atoms with Crippen molar-refractivity contribution in [2.24, 2.45) is 0 Å². The lowest BCUT2D eigenvalue weighted by Gasteiger charge is -2.38. The predicted octanol–water partition coefficient (Wildman–Crippen LogP) is 5.62. The van der Waals surface area contributed by atoms with Gasteiger partial charge in [0.15, 0.2) is 0 Å². The lowest BCUT2D eigenvalue weighted by atomic mass is 10.0. The fourth-order valence-electron chi connectivity index (χ4n) is 4.21. The lowest BCUT2D eigenvalue weighted by Crippen LogP contribution is -2.48. The highest BCUT2D eigenvalue weighted by Crippen LogP contribution is 2.21. The highest BCUT2D eigenvalue weighted by molar-refractivity contribution is 6.30. The second-order valence-corrected chi connectivity index (χ2v) is 8.82. The van der Waals surface area contributed by atoms with Gasteiger partial charge in [-0.1, -0.05) is 35.9 Å². The van der Waals surface area contributed by atoms with Crippen LogP contribution in [0.25, 0.3) is 0 Å². The van der Waals surface area contributed by atoms with Crippen molar-refractivity contribution < 1.29 is 9.18 Å². The first kappa shape index (κ1) is 23.2. The van der Waals surface area contributed by atoms with Crippen molar-refractivity contribution in [3.63, 3.8) is 0 Å². The Hall–Kier alpha value is -2.96. The highest BCUT2D eigenvalue weighted by Gasteiger charge is 2.28. The summed E-state index contributed by atoms with van der Waals surface area (Å²) in [6.07, 6.45) is 6.25. The van der Waals surface area contributed by atoms with E-state index >= 15 is 0 Å². The molecule has 3 aromatic rings. The maximum absolute atomic E-state index is 13.6. The lowest BCUT2D eigenvalue weighted by molar-refractivity contribution is 0.124. The molecule has 0 aliphatic carbocycles. The van der Waals surface area contributed by atoms with E-state index in [1.165, 1.54) is 17.7 Å². The van der Waals surface area contributed by atoms with Crippen LogP contribution in [0.4, 0.5) is 14.9 Å². The Bertz CT molecular complexity index is 1040. The Morgan fingerprint density at radius 1 is 1.09 bits per heavy atom. The third-order valence-corrected chi connectivity index (χ3v) is 6.29. The molecule has 1 aliphatic heterocycles. The zero-order valence-corrected chi connectivity index (χ0v) is 19.2. The molecule has 0 spiro atoms. The molecule has 0 unspecified atom stereocenters. The highest BCUT2D eigenvalue weighted by atomic mass is 35.5. The van der Waals surface area contributed by atoms with Gasteiger partial charge in [-0.05, 0) is 66.8 Å². The summed E-state index contributed by atoms with van der Waals surface area (Å²) < 4.78 is 13.6. The van der Waals surface area contributed by atoms with Crippen molar-refractivity contribution in [3.8, 4) is 0 Å². The van der Waals surface area contributed by atoms with Crippen LogP contribution in [0.5, 0.6) is 0 Å². The van der Waals surface area contributed by atoms with Gasteiger partial charge >= 0.3 is 6.03 Å². The second-order valence-electron chi connectivity index (χ2n) is 8.38. The van der Waals surface area contributed by atoms with Crippen LogP contribution in [-0.4, -0.2) is 46.5 Å². The van der Waals surface area contributed by atoms with Gasteiger partial charge in [0.1, 0.15) is 5.82 Å². The first-order chi connectivity index (χ1) is 16.1. The summed E-state index contributed by atoms with van der Waals surface area (Å²) in [6, 6.07) is 17.7. The van der Waals surface area contributed by atoms with Crippen molar-refractivity contribution in [2.75, 3.05) is 25.0 Å². The average Bonchev–Trinajstić information content (AvgIpc) is 2.83. The van der Waals surface area contributed by atoms with Crippen LogP contribution in [0.2, 0.25) is 5.02 Å². The molecule has 1 fully saturated rings. The van der Waals surface area contributed by atoms with E-state index in [4.69, 9.17) is 11.6 Å². The average molecular weight is 467 g/mol. The molecule has 0 saturated carbocycles. The van der Waals surface area contributed by atoms with Crippen molar-refractivity contribution in [1.29, 1.82) is 0 Å².